The molecule has 1 aliphatic heterocycles. The third kappa shape index (κ3) is 4.31. The molecule has 1 aliphatic rings. The summed E-state index contributed by atoms with van der Waals surface area (Å²) in [7, 11) is -1.88. The molecule has 0 aromatic carbocycles. The Morgan fingerprint density at radius 2 is 1.95 bits per heavy atom. The first-order valence-corrected chi connectivity index (χ1v) is 10.3. The molecule has 2 unspecified atom stereocenters. The number of hydrogen-bond acceptors (Lipinski definition) is 4. The summed E-state index contributed by atoms with van der Waals surface area (Å²) < 4.78 is 30.5. The topological polar surface area (TPSA) is 27.7 Å². The van der Waals surface area contributed by atoms with Crippen LogP contribution >= 0.6 is 24.2 Å². The van der Waals surface area contributed by atoms with Gasteiger partial charge < -0.3 is 13.9 Å². The molecule has 0 saturated carbocycles. The van der Waals surface area contributed by atoms with Gasteiger partial charge in [0.2, 0.25) is 0 Å². The van der Waals surface area contributed by atoms with Gasteiger partial charge in [0.05, 0.1) is 6.61 Å². The van der Waals surface area contributed by atoms with Crippen LogP contribution < -0.4 is 0 Å². The molecular weight excluding hydrogens is 307 g/mol. The highest BCUT2D eigenvalue weighted by atomic mass is 35.5. The van der Waals surface area contributed by atoms with Crippen LogP contribution in [-0.2, 0) is 13.9 Å². The fourth-order valence-electron chi connectivity index (χ4n) is 1.61. The molecule has 1 fully saturated rings. The maximum atomic E-state index is 13.8. The van der Waals surface area contributed by atoms with Gasteiger partial charge >= 0.3 is 0 Å². The van der Waals surface area contributed by atoms with Gasteiger partial charge in [-0.1, -0.05) is 32.4 Å². The fraction of sp³-hybridized carbons (Fsp3) is 1.00. The van der Waals surface area contributed by atoms with Crippen molar-refractivity contribution in [1.29, 1.82) is 0 Å². The molecule has 114 valence electrons. The molecule has 3 nitrogen and oxygen atoms in total. The van der Waals surface area contributed by atoms with Gasteiger partial charge in [-0.25, -0.2) is 4.39 Å². The zero-order valence-electron chi connectivity index (χ0n) is 12.2. The van der Waals surface area contributed by atoms with Gasteiger partial charge in [0.25, 0.3) is 0 Å². The summed E-state index contributed by atoms with van der Waals surface area (Å²) in [6.45, 7) is 11.1. The van der Waals surface area contributed by atoms with Crippen molar-refractivity contribution in [3.05, 3.63) is 0 Å². The summed E-state index contributed by atoms with van der Waals surface area (Å²) in [5.41, 5.74) is -0.777. The largest absolute Gasteiger partial charge is 0.414 e. The molecule has 0 N–H and O–H groups in total. The van der Waals surface area contributed by atoms with E-state index in [1.54, 1.807) is 0 Å². The van der Waals surface area contributed by atoms with Crippen molar-refractivity contribution < 1.29 is 18.3 Å². The van der Waals surface area contributed by atoms with Gasteiger partial charge in [0.15, 0.2) is 14.5 Å². The number of ether oxygens (including phenoxy) is 2. The molecule has 0 radical (unpaired) electrons. The Morgan fingerprint density at radius 3 is 2.42 bits per heavy atom. The Labute approximate surface area is 126 Å². The number of hydrogen-bond donors (Lipinski definition) is 1. The molecule has 0 amide bonds. The van der Waals surface area contributed by atoms with E-state index in [1.165, 1.54) is 0 Å². The number of halogens is 2. The Bertz CT molecular complexity index is 301. The molecule has 0 aliphatic carbocycles. The molecule has 1 rings (SSSR count). The second-order valence-corrected chi connectivity index (χ2v) is 11.9. The summed E-state index contributed by atoms with van der Waals surface area (Å²) in [6.07, 6.45) is -2.44. The van der Waals surface area contributed by atoms with Crippen molar-refractivity contribution in [3.8, 4) is 0 Å². The van der Waals surface area contributed by atoms with Crippen molar-refractivity contribution >= 4 is 32.5 Å². The SMILES string of the molecule is CC(C)(C)[Si](C)(C)OC[C@H]1O[C@@H](S)C(F)C1OCCl. The maximum absolute atomic E-state index is 13.8. The second-order valence-electron chi connectivity index (χ2n) is 6.32. The molecule has 1 saturated heterocycles. The van der Waals surface area contributed by atoms with Crippen LogP contribution in [0.2, 0.25) is 18.1 Å². The summed E-state index contributed by atoms with van der Waals surface area (Å²) in [6, 6.07) is -0.0640. The lowest BCUT2D eigenvalue weighted by Crippen LogP contribution is -2.44. The minimum Gasteiger partial charge on any atom is -0.414 e. The van der Waals surface area contributed by atoms with Crippen molar-refractivity contribution in [1.82, 2.24) is 0 Å². The Kier molecular flexibility index (Phi) is 6.17. The standard InChI is InChI=1S/C12H24ClFO3SSi/c1-12(2,3)19(4,5)16-6-8-10(15-7-13)9(14)11(18)17-8/h8-11,18H,6-7H2,1-5H3/t8-,9?,10?,11+/m1/s1. The normalized spacial score (nSPS) is 32.8. The van der Waals surface area contributed by atoms with E-state index in [1.807, 2.05) is 0 Å². The summed E-state index contributed by atoms with van der Waals surface area (Å²) in [4.78, 5) is 0. The average Bonchev–Trinajstić information content (AvgIpc) is 2.53. The molecule has 0 bridgehead atoms. The minimum atomic E-state index is -1.88. The van der Waals surface area contributed by atoms with Crippen LogP contribution in [0.4, 0.5) is 4.39 Å². The molecule has 19 heavy (non-hydrogen) atoms. The molecule has 0 aromatic heterocycles. The zero-order chi connectivity index (χ0) is 14.8. The number of alkyl halides is 2. The third-order valence-electron chi connectivity index (χ3n) is 3.94. The van der Waals surface area contributed by atoms with Crippen LogP contribution in [0, 0.1) is 0 Å². The van der Waals surface area contributed by atoms with E-state index >= 15 is 0 Å². The fourth-order valence-corrected chi connectivity index (χ4v) is 3.10. The third-order valence-corrected chi connectivity index (χ3v) is 8.97. The summed E-state index contributed by atoms with van der Waals surface area (Å²) >= 11 is 9.58. The maximum Gasteiger partial charge on any atom is 0.192 e. The van der Waals surface area contributed by atoms with Gasteiger partial charge in [-0.3, -0.25) is 0 Å². The monoisotopic (exact) mass is 330 g/mol. The van der Waals surface area contributed by atoms with Crippen molar-refractivity contribution in [2.75, 3.05) is 12.7 Å². The average molecular weight is 331 g/mol. The van der Waals surface area contributed by atoms with Crippen LogP contribution in [0.3, 0.4) is 0 Å². The predicted molar refractivity (Wildman–Crippen MR) is 81.3 cm³/mol. The summed E-state index contributed by atoms with van der Waals surface area (Å²) in [5, 5.41) is 0.101. The van der Waals surface area contributed by atoms with Crippen LogP contribution in [0.25, 0.3) is 0 Å². The van der Waals surface area contributed by atoms with Gasteiger partial charge in [0, 0.05) is 0 Å². The van der Waals surface area contributed by atoms with E-state index in [2.05, 4.69) is 46.5 Å². The first kappa shape index (κ1) is 17.7. The lowest BCUT2D eigenvalue weighted by Gasteiger charge is -2.37. The van der Waals surface area contributed by atoms with E-state index in [9.17, 15) is 4.39 Å². The molecule has 7 heteroatoms. The lowest BCUT2D eigenvalue weighted by atomic mass is 10.2. The first-order valence-electron chi connectivity index (χ1n) is 6.39. The van der Waals surface area contributed by atoms with Crippen LogP contribution in [0.1, 0.15) is 20.8 Å². The predicted octanol–water partition coefficient (Wildman–Crippen LogP) is 3.58. The summed E-state index contributed by atoms with van der Waals surface area (Å²) in [5.74, 6) is 0. The van der Waals surface area contributed by atoms with Crippen molar-refractivity contribution in [2.24, 2.45) is 0 Å². The van der Waals surface area contributed by atoms with Crippen LogP contribution in [-0.4, -0.2) is 44.8 Å². The molecule has 0 aromatic rings. The highest BCUT2D eigenvalue weighted by molar-refractivity contribution is 7.80. The van der Waals surface area contributed by atoms with E-state index in [0.29, 0.717) is 6.61 Å². The first-order chi connectivity index (χ1) is 8.60. The van der Waals surface area contributed by atoms with E-state index in [0.717, 1.165) is 0 Å². The quantitative estimate of drug-likeness (QED) is 0.474. The molecule has 0 spiro atoms. The Balaban J connectivity index is 2.61. The van der Waals surface area contributed by atoms with E-state index in [4.69, 9.17) is 25.5 Å². The Hall–Kier alpha value is 0.667. The number of rotatable bonds is 5. The lowest BCUT2D eigenvalue weighted by molar-refractivity contribution is -0.0273. The molecular formula is C12H24ClFO3SSi. The highest BCUT2D eigenvalue weighted by Crippen LogP contribution is 2.37. The van der Waals surface area contributed by atoms with Gasteiger partial charge in [-0.05, 0) is 18.1 Å². The van der Waals surface area contributed by atoms with Crippen LogP contribution in [0.5, 0.6) is 0 Å². The number of thiol groups is 1. The smallest absolute Gasteiger partial charge is 0.192 e. The van der Waals surface area contributed by atoms with Gasteiger partial charge in [-0.15, -0.1) is 12.6 Å². The minimum absolute atomic E-state index is 0.0640. The van der Waals surface area contributed by atoms with E-state index in [-0.39, 0.29) is 11.1 Å². The van der Waals surface area contributed by atoms with Crippen LogP contribution in [0.15, 0.2) is 0 Å². The van der Waals surface area contributed by atoms with Gasteiger partial charge in [-0.2, -0.15) is 0 Å². The second kappa shape index (κ2) is 6.62. The van der Waals surface area contributed by atoms with Crippen molar-refractivity contribution in [3.63, 3.8) is 0 Å². The zero-order valence-corrected chi connectivity index (χ0v) is 14.8. The molecule has 1 heterocycles. The Morgan fingerprint density at radius 1 is 1.37 bits per heavy atom. The van der Waals surface area contributed by atoms with E-state index < -0.39 is 32.1 Å². The highest BCUT2D eigenvalue weighted by Gasteiger charge is 2.46. The van der Waals surface area contributed by atoms with Gasteiger partial charge in [0.1, 0.15) is 23.7 Å². The van der Waals surface area contributed by atoms with Crippen molar-refractivity contribution in [2.45, 2.75) is 62.7 Å². The molecule has 4 atom stereocenters.